The van der Waals surface area contributed by atoms with E-state index in [1.807, 2.05) is 0 Å². The molecule has 9 heteroatoms. The van der Waals surface area contributed by atoms with Crippen LogP contribution in [-0.2, 0) is 14.5 Å². The number of carbonyl (C=O) groups excluding carboxylic acids is 1. The van der Waals surface area contributed by atoms with Crippen molar-refractivity contribution in [1.82, 2.24) is 5.32 Å². The third kappa shape index (κ3) is 3.72. The van der Waals surface area contributed by atoms with E-state index in [-0.39, 0.29) is 6.04 Å². The summed E-state index contributed by atoms with van der Waals surface area (Å²) in [4.78, 5) is 10.7. The Bertz CT molecular complexity index is 644. The van der Waals surface area contributed by atoms with Crippen LogP contribution in [0.2, 0.25) is 0 Å². The summed E-state index contributed by atoms with van der Waals surface area (Å²) in [6.45, 7) is -0.855. The van der Waals surface area contributed by atoms with Crippen LogP contribution in [0, 0.1) is 5.82 Å². The summed E-state index contributed by atoms with van der Waals surface area (Å²) in [5.74, 6) is -1.47. The highest BCUT2D eigenvalue weighted by Gasteiger charge is 2.44. The quantitative estimate of drug-likeness (QED) is 0.865. The van der Waals surface area contributed by atoms with Crippen molar-refractivity contribution in [1.29, 1.82) is 0 Å². The maximum Gasteiger partial charge on any atom is 0.483 e. The molecule has 1 aromatic carbocycles. The first-order valence-corrected chi connectivity index (χ1v) is 7.58. The molecule has 1 fully saturated rings. The van der Waals surface area contributed by atoms with Crippen molar-refractivity contribution in [3.05, 3.63) is 30.1 Å². The van der Waals surface area contributed by atoms with E-state index in [1.54, 1.807) is 0 Å². The molecule has 4 nitrogen and oxygen atoms in total. The van der Waals surface area contributed by atoms with Gasteiger partial charge in [0.2, 0.25) is 5.91 Å². The molecule has 0 unspecified atom stereocenters. The molecule has 1 aromatic rings. The zero-order valence-electron chi connectivity index (χ0n) is 10.7. The molecule has 1 N–H and O–H groups in total. The Morgan fingerprint density at radius 1 is 1.29 bits per heavy atom. The van der Waals surface area contributed by atoms with E-state index in [2.05, 4.69) is 9.68 Å². The second-order valence-electron chi connectivity index (χ2n) is 4.55. The highest BCUT2D eigenvalue weighted by atomic mass is 32.2. The van der Waals surface area contributed by atoms with Crippen LogP contribution >= 0.6 is 0 Å². The second-order valence-corrected chi connectivity index (χ2v) is 6.80. The monoisotopic (exact) mass is 324 g/mol. The third-order valence-electron chi connectivity index (χ3n) is 2.78. The minimum atomic E-state index is -5.15. The number of benzene rings is 1. The first-order valence-electron chi connectivity index (χ1n) is 6.06. The third-order valence-corrected chi connectivity index (χ3v) is 4.81. The predicted octanol–water partition coefficient (Wildman–Crippen LogP) is 2.45. The molecular weight excluding hydrogens is 312 g/mol. The Morgan fingerprint density at radius 2 is 1.86 bits per heavy atom. The number of carbonyl (C=O) groups is 1. The Kier molecular flexibility index (Phi) is 4.22. The Morgan fingerprint density at radius 3 is 2.33 bits per heavy atom. The average Bonchev–Trinajstić information content (AvgIpc) is 3.19. The molecule has 0 radical (unpaired) electrons. The van der Waals surface area contributed by atoms with E-state index >= 15 is 0 Å². The number of hydrogen-bond donors (Lipinski definition) is 1. The van der Waals surface area contributed by atoms with Gasteiger partial charge >= 0.3 is 5.51 Å². The SMILES string of the molecule is O=C(CN=[S@@](=O)(c1ccc(F)cc1)C(F)(F)F)NC1CC1. The van der Waals surface area contributed by atoms with E-state index in [0.717, 1.165) is 37.1 Å². The minimum absolute atomic E-state index is 0.0274. The number of hydrogen-bond acceptors (Lipinski definition) is 3. The van der Waals surface area contributed by atoms with Crippen molar-refractivity contribution in [3.63, 3.8) is 0 Å². The Balaban J connectivity index is 2.30. The molecular formula is C12H12F4N2O2S. The highest BCUT2D eigenvalue weighted by molar-refractivity contribution is 7.94. The molecule has 1 atom stereocenters. The van der Waals surface area contributed by atoms with Gasteiger partial charge in [0, 0.05) is 6.04 Å². The van der Waals surface area contributed by atoms with Crippen LogP contribution in [0.5, 0.6) is 0 Å². The molecule has 116 valence electrons. The van der Waals surface area contributed by atoms with E-state index in [1.165, 1.54) is 0 Å². The molecule has 21 heavy (non-hydrogen) atoms. The zero-order chi connectivity index (χ0) is 15.7. The van der Waals surface area contributed by atoms with Gasteiger partial charge in [0.1, 0.15) is 12.4 Å². The van der Waals surface area contributed by atoms with Gasteiger partial charge in [-0.15, -0.1) is 0 Å². The lowest BCUT2D eigenvalue weighted by Crippen LogP contribution is -2.30. The molecule has 0 spiro atoms. The van der Waals surface area contributed by atoms with E-state index < -0.39 is 38.4 Å². The molecule has 0 bridgehead atoms. The number of rotatable bonds is 4. The largest absolute Gasteiger partial charge is 0.483 e. The lowest BCUT2D eigenvalue weighted by atomic mass is 10.4. The standard InChI is InChI=1S/C12H12F4N2O2S/c13-8-1-5-10(6-2-8)21(20,12(14,15)16)17-7-11(19)18-9-3-4-9/h1-2,5-6,9H,3-4,7H2,(H,18,19)/t21-/m1/s1. The number of halogens is 4. The fourth-order valence-electron chi connectivity index (χ4n) is 1.55. The van der Waals surface area contributed by atoms with Crippen LogP contribution in [0.4, 0.5) is 17.6 Å². The van der Waals surface area contributed by atoms with Crippen LogP contribution in [0.15, 0.2) is 33.5 Å². The minimum Gasteiger partial charge on any atom is -0.352 e. The first kappa shape index (κ1) is 15.7. The lowest BCUT2D eigenvalue weighted by molar-refractivity contribution is -0.119. The van der Waals surface area contributed by atoms with Crippen molar-refractivity contribution in [2.75, 3.05) is 6.54 Å². The van der Waals surface area contributed by atoms with Gasteiger partial charge in [0.05, 0.1) is 4.90 Å². The molecule has 0 saturated heterocycles. The van der Waals surface area contributed by atoms with Crippen LogP contribution < -0.4 is 5.32 Å². The lowest BCUT2D eigenvalue weighted by Gasteiger charge is -2.14. The van der Waals surface area contributed by atoms with Crippen molar-refractivity contribution in [2.45, 2.75) is 29.3 Å². The molecule has 0 aliphatic heterocycles. The van der Waals surface area contributed by atoms with Crippen molar-refractivity contribution in [3.8, 4) is 0 Å². The number of alkyl halides is 3. The number of nitrogens with zero attached hydrogens (tertiary/aromatic N) is 1. The van der Waals surface area contributed by atoms with Crippen LogP contribution in [0.1, 0.15) is 12.8 Å². The summed E-state index contributed by atoms with van der Waals surface area (Å²) in [6.07, 6.45) is 1.55. The van der Waals surface area contributed by atoms with Gasteiger partial charge in [0.15, 0.2) is 9.73 Å². The van der Waals surface area contributed by atoms with Gasteiger partial charge in [-0.25, -0.2) is 13.0 Å². The van der Waals surface area contributed by atoms with E-state index in [0.29, 0.717) is 0 Å². The summed E-state index contributed by atoms with van der Waals surface area (Å²) < 4.78 is 67.0. The summed E-state index contributed by atoms with van der Waals surface area (Å²) in [7, 11) is -4.81. The predicted molar refractivity (Wildman–Crippen MR) is 67.3 cm³/mol. The van der Waals surface area contributed by atoms with Crippen LogP contribution in [0.25, 0.3) is 0 Å². The van der Waals surface area contributed by atoms with Crippen LogP contribution in [-0.4, -0.2) is 28.2 Å². The normalized spacial score (nSPS) is 17.9. The van der Waals surface area contributed by atoms with Gasteiger partial charge in [-0.3, -0.25) is 4.79 Å². The van der Waals surface area contributed by atoms with Gasteiger partial charge in [-0.2, -0.15) is 13.2 Å². The first-order chi connectivity index (χ1) is 9.72. The zero-order valence-corrected chi connectivity index (χ0v) is 11.5. The topological polar surface area (TPSA) is 58.5 Å². The Hall–Kier alpha value is -1.64. The van der Waals surface area contributed by atoms with Crippen molar-refractivity contribution < 1.29 is 26.6 Å². The average molecular weight is 324 g/mol. The molecule has 0 heterocycles. The number of amides is 1. The van der Waals surface area contributed by atoms with E-state index in [9.17, 15) is 26.6 Å². The van der Waals surface area contributed by atoms with Gasteiger partial charge in [-0.05, 0) is 37.1 Å². The molecule has 1 amide bonds. The number of nitrogens with one attached hydrogen (secondary N) is 1. The molecule has 2 rings (SSSR count). The van der Waals surface area contributed by atoms with Crippen molar-refractivity contribution in [2.24, 2.45) is 4.36 Å². The summed E-state index contributed by atoms with van der Waals surface area (Å²) in [5.41, 5.74) is -5.15. The summed E-state index contributed by atoms with van der Waals surface area (Å²) in [6, 6.07) is 3.02. The summed E-state index contributed by atoms with van der Waals surface area (Å²) >= 11 is 0. The fraction of sp³-hybridized carbons (Fsp3) is 0.417. The second kappa shape index (κ2) is 5.63. The molecule has 1 aliphatic rings. The molecule has 0 aromatic heterocycles. The summed E-state index contributed by atoms with van der Waals surface area (Å²) in [5, 5.41) is 2.45. The van der Waals surface area contributed by atoms with Gasteiger partial charge < -0.3 is 5.32 Å². The smallest absolute Gasteiger partial charge is 0.352 e. The fourth-order valence-corrected chi connectivity index (χ4v) is 2.92. The molecule has 1 saturated carbocycles. The molecule has 1 aliphatic carbocycles. The maximum absolute atomic E-state index is 13.0. The van der Waals surface area contributed by atoms with Crippen LogP contribution in [0.3, 0.4) is 0 Å². The maximum atomic E-state index is 13.0. The highest BCUT2D eigenvalue weighted by Crippen LogP contribution is 2.32. The van der Waals surface area contributed by atoms with Gasteiger partial charge in [-0.1, -0.05) is 0 Å². The Labute approximate surface area is 118 Å². The van der Waals surface area contributed by atoms with Crippen molar-refractivity contribution >= 4 is 15.6 Å². The van der Waals surface area contributed by atoms with Gasteiger partial charge in [0.25, 0.3) is 0 Å². The van der Waals surface area contributed by atoms with E-state index in [4.69, 9.17) is 0 Å².